The van der Waals surface area contributed by atoms with Gasteiger partial charge in [0.25, 0.3) is 0 Å². The molecule has 2 fully saturated rings. The number of aliphatic hydroxyl groups excluding tert-OH is 1. The van der Waals surface area contributed by atoms with Crippen LogP contribution in [0, 0.1) is 5.41 Å². The molecule has 0 amide bonds. The Kier molecular flexibility index (Phi) is 3.23. The van der Waals surface area contributed by atoms with E-state index in [1.165, 1.54) is 0 Å². The van der Waals surface area contributed by atoms with Crippen molar-refractivity contribution in [1.82, 2.24) is 0 Å². The first-order chi connectivity index (χ1) is 7.43. The summed E-state index contributed by atoms with van der Waals surface area (Å²) >= 11 is 1.69. The molecule has 1 atom stereocenters. The first-order valence-corrected chi connectivity index (χ1v) is 6.87. The van der Waals surface area contributed by atoms with Crippen molar-refractivity contribution in [2.75, 3.05) is 18.1 Å². The second-order valence-electron chi connectivity index (χ2n) is 5.13. The molecule has 94 valence electrons. The highest BCUT2D eigenvalue weighted by molar-refractivity contribution is 7.99. The van der Waals surface area contributed by atoms with Gasteiger partial charge in [0, 0.05) is 24.0 Å². The molecule has 1 saturated carbocycles. The lowest BCUT2D eigenvalue weighted by Crippen LogP contribution is -2.54. The number of aliphatic hydroxyl groups is 2. The van der Waals surface area contributed by atoms with E-state index in [9.17, 15) is 19.0 Å². The van der Waals surface area contributed by atoms with Gasteiger partial charge in [0.15, 0.2) is 0 Å². The summed E-state index contributed by atoms with van der Waals surface area (Å²) in [4.78, 5) is 0. The minimum Gasteiger partial charge on any atom is -0.396 e. The van der Waals surface area contributed by atoms with Gasteiger partial charge in [-0.15, -0.1) is 0 Å². The largest absolute Gasteiger partial charge is 0.396 e. The van der Waals surface area contributed by atoms with E-state index in [2.05, 4.69) is 0 Å². The van der Waals surface area contributed by atoms with Gasteiger partial charge in [0.2, 0.25) is 5.92 Å². The van der Waals surface area contributed by atoms with Gasteiger partial charge < -0.3 is 10.2 Å². The summed E-state index contributed by atoms with van der Waals surface area (Å²) in [5.74, 6) is -1.04. The molecule has 0 bridgehead atoms. The topological polar surface area (TPSA) is 40.5 Å². The summed E-state index contributed by atoms with van der Waals surface area (Å²) in [6.07, 6.45) is 0.449. The molecule has 0 radical (unpaired) electrons. The smallest absolute Gasteiger partial charge is 0.248 e. The third kappa shape index (κ3) is 1.97. The van der Waals surface area contributed by atoms with Crippen molar-refractivity contribution < 1.29 is 19.0 Å². The summed E-state index contributed by atoms with van der Waals surface area (Å²) in [6, 6.07) is 0. The van der Waals surface area contributed by atoms with Crippen molar-refractivity contribution in [2.45, 2.75) is 43.6 Å². The van der Waals surface area contributed by atoms with Crippen molar-refractivity contribution >= 4 is 11.8 Å². The summed E-state index contributed by atoms with van der Waals surface area (Å²) in [5.41, 5.74) is -1.64. The number of thioether (sulfide) groups is 1. The molecule has 1 aliphatic heterocycles. The molecule has 1 aliphatic carbocycles. The van der Waals surface area contributed by atoms with Gasteiger partial charge in [-0.05, 0) is 25.0 Å². The molecule has 0 spiro atoms. The predicted molar refractivity (Wildman–Crippen MR) is 59.8 cm³/mol. The van der Waals surface area contributed by atoms with Crippen molar-refractivity contribution in [2.24, 2.45) is 5.41 Å². The standard InChI is InChI=1S/C11H18F2O2S/c12-11(13)3-1-10(15,2-4-11)9(7-14)5-6-16-8-9/h14-15H,1-8H2. The zero-order valence-electron chi connectivity index (χ0n) is 9.22. The number of rotatable bonds is 2. The molecule has 0 aromatic heterocycles. The van der Waals surface area contributed by atoms with Crippen LogP contribution in [-0.4, -0.2) is 39.8 Å². The molecular formula is C11H18F2O2S. The maximum absolute atomic E-state index is 13.1. The van der Waals surface area contributed by atoms with Crippen LogP contribution in [0.15, 0.2) is 0 Å². The highest BCUT2D eigenvalue weighted by Crippen LogP contribution is 2.52. The van der Waals surface area contributed by atoms with E-state index in [4.69, 9.17) is 0 Å². The van der Waals surface area contributed by atoms with Crippen LogP contribution in [0.1, 0.15) is 32.1 Å². The van der Waals surface area contributed by atoms with E-state index < -0.39 is 16.9 Å². The van der Waals surface area contributed by atoms with E-state index >= 15 is 0 Å². The van der Waals surface area contributed by atoms with Crippen LogP contribution < -0.4 is 0 Å². The lowest BCUT2D eigenvalue weighted by Gasteiger charge is -2.47. The van der Waals surface area contributed by atoms with Gasteiger partial charge in [0.1, 0.15) is 0 Å². The maximum atomic E-state index is 13.1. The molecule has 0 aromatic rings. The summed E-state index contributed by atoms with van der Waals surface area (Å²) < 4.78 is 26.2. The Balaban J connectivity index is 2.13. The van der Waals surface area contributed by atoms with Crippen LogP contribution in [-0.2, 0) is 0 Å². The third-order valence-electron chi connectivity index (χ3n) is 4.20. The van der Waals surface area contributed by atoms with Crippen molar-refractivity contribution in [3.8, 4) is 0 Å². The third-order valence-corrected chi connectivity index (χ3v) is 5.45. The van der Waals surface area contributed by atoms with E-state index in [-0.39, 0.29) is 32.3 Å². The highest BCUT2D eigenvalue weighted by atomic mass is 32.2. The average Bonchev–Trinajstić information content (AvgIpc) is 2.73. The Hall–Kier alpha value is 0.130. The van der Waals surface area contributed by atoms with Crippen LogP contribution >= 0.6 is 11.8 Å². The first kappa shape index (κ1) is 12.6. The van der Waals surface area contributed by atoms with Crippen LogP contribution in [0.3, 0.4) is 0 Å². The van der Waals surface area contributed by atoms with Crippen molar-refractivity contribution in [1.29, 1.82) is 0 Å². The Morgan fingerprint density at radius 1 is 1.06 bits per heavy atom. The maximum Gasteiger partial charge on any atom is 0.248 e. The van der Waals surface area contributed by atoms with Crippen LogP contribution in [0.5, 0.6) is 0 Å². The van der Waals surface area contributed by atoms with E-state index in [1.807, 2.05) is 0 Å². The SMILES string of the molecule is OCC1(C2(O)CCC(F)(F)CC2)CCSC1. The average molecular weight is 252 g/mol. The van der Waals surface area contributed by atoms with Gasteiger partial charge in [-0.1, -0.05) is 0 Å². The predicted octanol–water partition coefficient (Wildman–Crippen LogP) is 2.04. The molecule has 2 aliphatic rings. The highest BCUT2D eigenvalue weighted by Gasteiger charge is 2.55. The zero-order chi connectivity index (χ0) is 11.9. The molecule has 16 heavy (non-hydrogen) atoms. The Morgan fingerprint density at radius 3 is 2.12 bits per heavy atom. The molecule has 2 N–H and O–H groups in total. The lowest BCUT2D eigenvalue weighted by atomic mass is 9.64. The molecule has 1 saturated heterocycles. The van der Waals surface area contributed by atoms with Gasteiger partial charge in [-0.3, -0.25) is 0 Å². The number of alkyl halides is 2. The minimum atomic E-state index is -2.63. The monoisotopic (exact) mass is 252 g/mol. The Labute approximate surface area is 98.4 Å². The molecule has 0 aromatic carbocycles. The fourth-order valence-electron chi connectivity index (χ4n) is 2.81. The van der Waals surface area contributed by atoms with Crippen LogP contribution in [0.25, 0.3) is 0 Å². The van der Waals surface area contributed by atoms with Crippen LogP contribution in [0.2, 0.25) is 0 Å². The quantitative estimate of drug-likeness (QED) is 0.790. The molecule has 1 unspecified atom stereocenters. The normalized spacial score (nSPS) is 37.5. The van der Waals surface area contributed by atoms with Crippen molar-refractivity contribution in [3.05, 3.63) is 0 Å². The second-order valence-corrected chi connectivity index (χ2v) is 6.23. The Morgan fingerprint density at radius 2 is 1.69 bits per heavy atom. The molecule has 2 rings (SSSR count). The molecule has 2 nitrogen and oxygen atoms in total. The number of hydrogen-bond acceptors (Lipinski definition) is 3. The number of halogens is 2. The number of hydrogen-bond donors (Lipinski definition) is 2. The van der Waals surface area contributed by atoms with Gasteiger partial charge in [-0.2, -0.15) is 11.8 Å². The van der Waals surface area contributed by atoms with E-state index in [0.717, 1.165) is 12.2 Å². The molecular weight excluding hydrogens is 234 g/mol. The zero-order valence-corrected chi connectivity index (χ0v) is 10.0. The fourth-order valence-corrected chi connectivity index (χ4v) is 4.38. The lowest BCUT2D eigenvalue weighted by molar-refractivity contribution is -0.163. The Bertz CT molecular complexity index is 255. The summed E-state index contributed by atoms with van der Waals surface area (Å²) in [7, 11) is 0. The van der Waals surface area contributed by atoms with Gasteiger partial charge >= 0.3 is 0 Å². The fraction of sp³-hybridized carbons (Fsp3) is 1.00. The molecule has 5 heteroatoms. The van der Waals surface area contributed by atoms with Crippen LogP contribution in [0.4, 0.5) is 8.78 Å². The second kappa shape index (κ2) is 4.10. The molecule has 1 heterocycles. The minimum absolute atomic E-state index is 0.0952. The summed E-state index contributed by atoms with van der Waals surface area (Å²) in [6.45, 7) is -0.0952. The first-order valence-electron chi connectivity index (χ1n) is 5.72. The van der Waals surface area contributed by atoms with Gasteiger partial charge in [-0.25, -0.2) is 8.78 Å². The van der Waals surface area contributed by atoms with Crippen molar-refractivity contribution in [3.63, 3.8) is 0 Å². The van der Waals surface area contributed by atoms with E-state index in [0.29, 0.717) is 5.75 Å². The van der Waals surface area contributed by atoms with Gasteiger partial charge in [0.05, 0.1) is 12.2 Å². The van der Waals surface area contributed by atoms with E-state index in [1.54, 1.807) is 11.8 Å². The summed E-state index contributed by atoms with van der Waals surface area (Å²) in [5, 5.41) is 20.1.